The van der Waals surface area contributed by atoms with E-state index in [-0.39, 0.29) is 0 Å². The standard InChI is InChI=1S/C11H3Br8N3/c12-4-1-2-5(6(13)3-4)7-20-8(10(14,15)16)22-9(21-7)11(17,18)19/h1-3H. The number of nitrogens with zero attached hydrogens (tertiary/aromatic N) is 3. The molecule has 1 aromatic heterocycles. The van der Waals surface area contributed by atoms with Crippen molar-refractivity contribution in [3.8, 4) is 11.4 Å². The van der Waals surface area contributed by atoms with Gasteiger partial charge in [-0.15, -0.1) is 0 Å². The van der Waals surface area contributed by atoms with Gasteiger partial charge in [-0.25, -0.2) is 15.0 Å². The van der Waals surface area contributed by atoms with Gasteiger partial charge in [-0.05, 0) is 34.1 Å². The molecule has 2 rings (SSSR count). The molecule has 0 atom stereocenters. The Kier molecular flexibility index (Phi) is 7.18. The number of aromatic nitrogens is 3. The highest BCUT2D eigenvalue weighted by molar-refractivity contribution is 9.39. The van der Waals surface area contributed by atoms with Crippen LogP contribution in [0.15, 0.2) is 27.1 Å². The molecule has 0 saturated heterocycles. The van der Waals surface area contributed by atoms with Gasteiger partial charge >= 0.3 is 0 Å². The molecule has 0 radical (unpaired) electrons. The molecule has 22 heavy (non-hydrogen) atoms. The fourth-order valence-corrected chi connectivity index (χ4v) is 3.71. The molecule has 0 aliphatic rings. The largest absolute Gasteiger partial charge is 0.211 e. The van der Waals surface area contributed by atoms with Crippen LogP contribution in [0.3, 0.4) is 0 Å². The normalized spacial score (nSPS) is 12.5. The van der Waals surface area contributed by atoms with Crippen molar-refractivity contribution in [2.45, 2.75) is 4.29 Å². The lowest BCUT2D eigenvalue weighted by molar-refractivity contribution is 0.893. The maximum absolute atomic E-state index is 4.51. The molecule has 11 heteroatoms. The van der Waals surface area contributed by atoms with Crippen molar-refractivity contribution in [2.75, 3.05) is 0 Å². The first-order chi connectivity index (χ1) is 9.98. The smallest absolute Gasteiger partial charge is 0.194 e. The zero-order valence-electron chi connectivity index (χ0n) is 10.1. The topological polar surface area (TPSA) is 38.7 Å². The van der Waals surface area contributed by atoms with E-state index in [4.69, 9.17) is 0 Å². The summed E-state index contributed by atoms with van der Waals surface area (Å²) in [5.74, 6) is 1.49. The summed E-state index contributed by atoms with van der Waals surface area (Å²) in [6.45, 7) is 0. The first-order valence-corrected chi connectivity index (χ1v) is 11.7. The minimum absolute atomic E-state index is 0.477. The molecule has 0 aliphatic carbocycles. The number of halogens is 8. The molecule has 0 aliphatic heterocycles. The van der Waals surface area contributed by atoms with Crippen LogP contribution in [0.5, 0.6) is 0 Å². The number of alkyl halides is 6. The van der Waals surface area contributed by atoms with Crippen LogP contribution in [0.2, 0.25) is 0 Å². The first kappa shape index (κ1) is 20.4. The maximum atomic E-state index is 4.51. The molecule has 0 amide bonds. The van der Waals surface area contributed by atoms with E-state index in [1.165, 1.54) is 0 Å². The van der Waals surface area contributed by atoms with Gasteiger partial charge in [0.25, 0.3) is 0 Å². The van der Waals surface area contributed by atoms with Crippen LogP contribution < -0.4 is 0 Å². The fourth-order valence-electron chi connectivity index (χ4n) is 1.42. The second kappa shape index (κ2) is 7.75. The van der Waals surface area contributed by atoms with Gasteiger partial charge in [0.15, 0.2) is 21.8 Å². The van der Waals surface area contributed by atoms with Crippen molar-refractivity contribution < 1.29 is 0 Å². The highest BCUT2D eigenvalue weighted by atomic mass is 80.0. The van der Waals surface area contributed by atoms with Gasteiger partial charge in [0.2, 0.25) is 0 Å². The zero-order chi connectivity index (χ0) is 16.7. The Hall–Kier alpha value is 2.07. The van der Waals surface area contributed by atoms with Gasteiger partial charge < -0.3 is 0 Å². The molecule has 1 heterocycles. The summed E-state index contributed by atoms with van der Waals surface area (Å²) >= 11 is 27.6. The van der Waals surface area contributed by atoms with Crippen LogP contribution in [0.25, 0.3) is 11.4 Å². The predicted octanol–water partition coefficient (Wildman–Crippen LogP) is 7.65. The Balaban J connectivity index is 2.70. The Labute approximate surface area is 194 Å². The predicted molar refractivity (Wildman–Crippen MR) is 118 cm³/mol. The summed E-state index contributed by atoms with van der Waals surface area (Å²) in [4.78, 5) is 13.4. The summed E-state index contributed by atoms with van der Waals surface area (Å²) in [6.07, 6.45) is 0. The Morgan fingerprint density at radius 2 is 1.23 bits per heavy atom. The molecule has 0 fully saturated rings. The SMILES string of the molecule is Brc1ccc(-c2nc(C(Br)(Br)Br)nc(C(Br)(Br)Br)n2)c(Br)c1. The van der Waals surface area contributed by atoms with Crippen molar-refractivity contribution in [3.05, 3.63) is 38.8 Å². The second-order valence-corrected chi connectivity index (χ2v) is 19.2. The molecule has 0 spiro atoms. The molecule has 0 N–H and O–H groups in total. The second-order valence-electron chi connectivity index (χ2n) is 3.93. The molecular weight excluding hydrogens is 813 g/mol. The van der Waals surface area contributed by atoms with E-state index < -0.39 is 4.29 Å². The fraction of sp³-hybridized carbons (Fsp3) is 0.182. The lowest BCUT2D eigenvalue weighted by atomic mass is 10.2. The van der Waals surface area contributed by atoms with Crippen LogP contribution in [-0.2, 0) is 4.29 Å². The van der Waals surface area contributed by atoms with Crippen molar-refractivity contribution in [1.82, 2.24) is 15.0 Å². The monoisotopic (exact) mass is 808 g/mol. The number of hydrogen-bond acceptors (Lipinski definition) is 3. The molecule has 1 aromatic carbocycles. The van der Waals surface area contributed by atoms with Crippen molar-refractivity contribution in [2.24, 2.45) is 0 Å². The van der Waals surface area contributed by atoms with Gasteiger partial charge in [0.1, 0.15) is 0 Å². The average molecular weight is 816 g/mol. The minimum Gasteiger partial charge on any atom is -0.211 e. The van der Waals surface area contributed by atoms with Crippen LogP contribution in [0.1, 0.15) is 11.6 Å². The number of benzene rings is 1. The summed E-state index contributed by atoms with van der Waals surface area (Å²) in [5, 5.41) is 0. The van der Waals surface area contributed by atoms with Crippen LogP contribution in [0.4, 0.5) is 0 Å². The zero-order valence-corrected chi connectivity index (χ0v) is 22.8. The lowest BCUT2D eigenvalue weighted by Crippen LogP contribution is -2.15. The third-order valence-corrected chi connectivity index (χ3v) is 5.59. The van der Waals surface area contributed by atoms with E-state index in [9.17, 15) is 0 Å². The van der Waals surface area contributed by atoms with Gasteiger partial charge in [-0.1, -0.05) is 112 Å². The van der Waals surface area contributed by atoms with Crippen molar-refractivity contribution in [3.63, 3.8) is 0 Å². The summed E-state index contributed by atoms with van der Waals surface area (Å²) < 4.78 is 0.335. The maximum Gasteiger partial charge on any atom is 0.194 e. The van der Waals surface area contributed by atoms with E-state index in [0.717, 1.165) is 14.5 Å². The highest BCUT2D eigenvalue weighted by Gasteiger charge is 2.32. The van der Waals surface area contributed by atoms with E-state index in [1.54, 1.807) is 0 Å². The lowest BCUT2D eigenvalue weighted by Gasteiger charge is -2.17. The van der Waals surface area contributed by atoms with Crippen LogP contribution in [-0.4, -0.2) is 15.0 Å². The quantitative estimate of drug-likeness (QED) is 0.278. The molecule has 2 aromatic rings. The molecule has 118 valence electrons. The Morgan fingerprint density at radius 1 is 0.727 bits per heavy atom. The van der Waals surface area contributed by atoms with Crippen LogP contribution in [0, 0.1) is 0 Å². The third kappa shape index (κ3) is 5.28. The van der Waals surface area contributed by atoms with Gasteiger partial charge in [0.05, 0.1) is 0 Å². The van der Waals surface area contributed by atoms with E-state index in [1.807, 2.05) is 18.2 Å². The van der Waals surface area contributed by atoms with Gasteiger partial charge in [-0.3, -0.25) is 0 Å². The molecule has 0 saturated carbocycles. The molecule has 0 bridgehead atoms. The number of rotatable bonds is 1. The summed E-state index contributed by atoms with van der Waals surface area (Å²) in [5.41, 5.74) is 0.849. The van der Waals surface area contributed by atoms with Crippen molar-refractivity contribution >= 4 is 127 Å². The molecular formula is C11H3Br8N3. The first-order valence-electron chi connectivity index (χ1n) is 5.34. The highest BCUT2D eigenvalue weighted by Crippen LogP contribution is 2.46. The summed E-state index contributed by atoms with van der Waals surface area (Å²) in [7, 11) is 0. The summed E-state index contributed by atoms with van der Waals surface area (Å²) in [6, 6.07) is 5.79. The average Bonchev–Trinajstić information content (AvgIpc) is 2.36. The van der Waals surface area contributed by atoms with E-state index >= 15 is 0 Å². The van der Waals surface area contributed by atoms with Crippen molar-refractivity contribution in [1.29, 1.82) is 0 Å². The molecule has 3 nitrogen and oxygen atoms in total. The number of hydrogen-bond donors (Lipinski definition) is 0. The van der Waals surface area contributed by atoms with E-state index in [2.05, 4.69) is 142 Å². The van der Waals surface area contributed by atoms with E-state index in [0.29, 0.717) is 17.5 Å². The van der Waals surface area contributed by atoms with Gasteiger partial charge in [0, 0.05) is 14.5 Å². The van der Waals surface area contributed by atoms with Gasteiger partial charge in [-0.2, -0.15) is 0 Å². The minimum atomic E-state index is -0.750. The Morgan fingerprint density at radius 3 is 1.64 bits per heavy atom. The van der Waals surface area contributed by atoms with Crippen LogP contribution >= 0.6 is 127 Å². The molecule has 0 unspecified atom stereocenters. The third-order valence-electron chi connectivity index (χ3n) is 2.31. The Bertz CT molecular complexity index is 675.